The molecule has 1 aromatic carbocycles. The molecule has 0 saturated heterocycles. The average Bonchev–Trinajstić information content (AvgIpc) is 2.25. The smallest absolute Gasteiger partial charge is 0.118 e. The van der Waals surface area contributed by atoms with E-state index >= 15 is 0 Å². The fraction of sp³-hybridized carbons (Fsp3) is 0.538. The molecule has 0 unspecified atom stereocenters. The fourth-order valence-electron chi connectivity index (χ4n) is 1.23. The topological polar surface area (TPSA) is 44.2 Å². The van der Waals surface area contributed by atoms with Crippen LogP contribution < -0.4 is 10.9 Å². The van der Waals surface area contributed by atoms with E-state index in [2.05, 4.69) is 26.0 Å². The van der Waals surface area contributed by atoms with Gasteiger partial charge in [0.15, 0.2) is 0 Å². The van der Waals surface area contributed by atoms with Crippen LogP contribution in [0.2, 0.25) is 0 Å². The first-order valence-electron chi connectivity index (χ1n) is 5.43. The van der Waals surface area contributed by atoms with Crippen molar-refractivity contribution in [2.75, 3.05) is 12.9 Å². The standard InChI is InChI=1S/C13H20OS.H3N/c1-11(2)8-9-15-10-12-4-6-13(14-3)7-5-12;/h4-7,11H,8-10H2,1-3H3;1H3. The van der Waals surface area contributed by atoms with Crippen molar-refractivity contribution in [3.63, 3.8) is 0 Å². The Kier molecular flexibility index (Phi) is 8.12. The molecule has 0 atom stereocenters. The molecule has 0 amide bonds. The Balaban J connectivity index is 0.00000225. The van der Waals surface area contributed by atoms with Gasteiger partial charge in [-0.2, -0.15) is 11.8 Å². The molecule has 0 bridgehead atoms. The van der Waals surface area contributed by atoms with Gasteiger partial charge in [-0.25, -0.2) is 0 Å². The van der Waals surface area contributed by atoms with Gasteiger partial charge in [0.05, 0.1) is 7.11 Å². The zero-order valence-electron chi connectivity index (χ0n) is 10.5. The van der Waals surface area contributed by atoms with Crippen molar-refractivity contribution in [1.29, 1.82) is 0 Å². The summed E-state index contributed by atoms with van der Waals surface area (Å²) in [5, 5.41) is 0. The highest BCUT2D eigenvalue weighted by molar-refractivity contribution is 7.98. The van der Waals surface area contributed by atoms with Crippen molar-refractivity contribution in [3.8, 4) is 5.75 Å². The van der Waals surface area contributed by atoms with Gasteiger partial charge in [-0.1, -0.05) is 26.0 Å². The maximum atomic E-state index is 5.12. The van der Waals surface area contributed by atoms with Crippen molar-refractivity contribution in [2.45, 2.75) is 26.0 Å². The van der Waals surface area contributed by atoms with Crippen LogP contribution in [0.4, 0.5) is 0 Å². The highest BCUT2D eigenvalue weighted by Crippen LogP contribution is 2.18. The van der Waals surface area contributed by atoms with E-state index in [0.717, 1.165) is 17.4 Å². The number of thioether (sulfide) groups is 1. The van der Waals surface area contributed by atoms with Gasteiger partial charge < -0.3 is 10.9 Å². The van der Waals surface area contributed by atoms with E-state index in [1.165, 1.54) is 17.7 Å². The molecule has 0 spiro atoms. The summed E-state index contributed by atoms with van der Waals surface area (Å²) in [6.07, 6.45) is 1.31. The predicted molar refractivity (Wildman–Crippen MR) is 73.6 cm³/mol. The zero-order chi connectivity index (χ0) is 11.1. The lowest BCUT2D eigenvalue weighted by Crippen LogP contribution is -1.90. The summed E-state index contributed by atoms with van der Waals surface area (Å²) in [5.41, 5.74) is 1.38. The summed E-state index contributed by atoms with van der Waals surface area (Å²) in [6, 6.07) is 8.33. The predicted octanol–water partition coefficient (Wildman–Crippen LogP) is 4.14. The number of hydrogen-bond donors (Lipinski definition) is 1. The van der Waals surface area contributed by atoms with Gasteiger partial charge in [-0.05, 0) is 35.8 Å². The average molecular weight is 241 g/mol. The van der Waals surface area contributed by atoms with Crippen molar-refractivity contribution in [1.82, 2.24) is 6.15 Å². The molecule has 0 radical (unpaired) electrons. The van der Waals surface area contributed by atoms with Crippen molar-refractivity contribution >= 4 is 11.8 Å². The Morgan fingerprint density at radius 2 is 1.81 bits per heavy atom. The van der Waals surface area contributed by atoms with Crippen LogP contribution in [-0.2, 0) is 5.75 Å². The fourth-order valence-corrected chi connectivity index (χ4v) is 2.44. The second-order valence-corrected chi connectivity index (χ2v) is 5.19. The van der Waals surface area contributed by atoms with Crippen LogP contribution in [0.1, 0.15) is 25.8 Å². The Bertz CT molecular complexity index is 272. The molecule has 0 heterocycles. The molecule has 0 aromatic heterocycles. The molecule has 2 nitrogen and oxygen atoms in total. The minimum atomic E-state index is 0. The number of benzene rings is 1. The van der Waals surface area contributed by atoms with Gasteiger partial charge >= 0.3 is 0 Å². The number of rotatable bonds is 6. The Morgan fingerprint density at radius 3 is 2.31 bits per heavy atom. The summed E-state index contributed by atoms with van der Waals surface area (Å²) < 4.78 is 5.12. The van der Waals surface area contributed by atoms with E-state index in [1.807, 2.05) is 23.9 Å². The zero-order valence-corrected chi connectivity index (χ0v) is 11.3. The Morgan fingerprint density at radius 1 is 1.19 bits per heavy atom. The summed E-state index contributed by atoms with van der Waals surface area (Å²) >= 11 is 2.01. The highest BCUT2D eigenvalue weighted by atomic mass is 32.2. The van der Waals surface area contributed by atoms with Crippen LogP contribution in [0.15, 0.2) is 24.3 Å². The molecule has 92 valence electrons. The summed E-state index contributed by atoms with van der Waals surface area (Å²) in [6.45, 7) is 4.54. The summed E-state index contributed by atoms with van der Waals surface area (Å²) in [4.78, 5) is 0. The molecule has 1 aromatic rings. The van der Waals surface area contributed by atoms with Crippen LogP contribution in [0.25, 0.3) is 0 Å². The largest absolute Gasteiger partial charge is 0.497 e. The number of ether oxygens (including phenoxy) is 1. The van der Waals surface area contributed by atoms with Crippen LogP contribution in [0, 0.1) is 5.92 Å². The van der Waals surface area contributed by atoms with E-state index in [9.17, 15) is 0 Å². The van der Waals surface area contributed by atoms with Gasteiger partial charge in [0.25, 0.3) is 0 Å². The minimum Gasteiger partial charge on any atom is -0.497 e. The van der Waals surface area contributed by atoms with Crippen LogP contribution in [0.3, 0.4) is 0 Å². The maximum absolute atomic E-state index is 5.12. The van der Waals surface area contributed by atoms with Crippen LogP contribution in [0.5, 0.6) is 5.75 Å². The summed E-state index contributed by atoms with van der Waals surface area (Å²) in [5.74, 6) is 4.11. The van der Waals surface area contributed by atoms with Gasteiger partial charge in [0, 0.05) is 5.75 Å². The second-order valence-electron chi connectivity index (χ2n) is 4.08. The molecule has 0 fully saturated rings. The SMILES string of the molecule is COc1ccc(CSCCC(C)C)cc1.N. The molecule has 16 heavy (non-hydrogen) atoms. The van der Waals surface area contributed by atoms with E-state index in [0.29, 0.717) is 0 Å². The normalized spacial score (nSPS) is 10.0. The lowest BCUT2D eigenvalue weighted by molar-refractivity contribution is 0.414. The highest BCUT2D eigenvalue weighted by Gasteiger charge is 1.97. The molecule has 0 aliphatic carbocycles. The van der Waals surface area contributed by atoms with Crippen molar-refractivity contribution in [2.24, 2.45) is 5.92 Å². The number of hydrogen-bond acceptors (Lipinski definition) is 3. The lowest BCUT2D eigenvalue weighted by atomic mass is 10.2. The maximum Gasteiger partial charge on any atom is 0.118 e. The van der Waals surface area contributed by atoms with E-state index in [1.54, 1.807) is 7.11 Å². The third-order valence-electron chi connectivity index (χ3n) is 2.27. The van der Waals surface area contributed by atoms with Crippen LogP contribution >= 0.6 is 11.8 Å². The Hall–Kier alpha value is -0.670. The van der Waals surface area contributed by atoms with E-state index in [-0.39, 0.29) is 6.15 Å². The van der Waals surface area contributed by atoms with Gasteiger partial charge in [-0.3, -0.25) is 0 Å². The lowest BCUT2D eigenvalue weighted by Gasteiger charge is -2.05. The molecule has 3 heteroatoms. The molecule has 0 saturated carbocycles. The monoisotopic (exact) mass is 241 g/mol. The number of methoxy groups -OCH3 is 1. The first-order chi connectivity index (χ1) is 7.22. The molecule has 3 N–H and O–H groups in total. The van der Waals surface area contributed by atoms with Gasteiger partial charge in [0.1, 0.15) is 5.75 Å². The Labute approximate surface area is 103 Å². The summed E-state index contributed by atoms with van der Waals surface area (Å²) in [7, 11) is 1.70. The third-order valence-corrected chi connectivity index (χ3v) is 3.33. The van der Waals surface area contributed by atoms with Gasteiger partial charge in [-0.15, -0.1) is 0 Å². The second kappa shape index (κ2) is 8.48. The molecular formula is C13H23NOS. The van der Waals surface area contributed by atoms with E-state index in [4.69, 9.17) is 4.74 Å². The molecule has 0 aliphatic heterocycles. The third kappa shape index (κ3) is 6.03. The molecular weight excluding hydrogens is 218 g/mol. The molecule has 1 rings (SSSR count). The first-order valence-corrected chi connectivity index (χ1v) is 6.58. The quantitative estimate of drug-likeness (QED) is 0.761. The van der Waals surface area contributed by atoms with Crippen molar-refractivity contribution in [3.05, 3.63) is 29.8 Å². The van der Waals surface area contributed by atoms with E-state index < -0.39 is 0 Å². The molecule has 0 aliphatic rings. The van der Waals surface area contributed by atoms with Crippen LogP contribution in [-0.4, -0.2) is 12.9 Å². The first kappa shape index (κ1) is 15.3. The minimum absolute atomic E-state index is 0. The van der Waals surface area contributed by atoms with Crippen molar-refractivity contribution < 1.29 is 4.74 Å². The van der Waals surface area contributed by atoms with Gasteiger partial charge in [0.2, 0.25) is 0 Å².